The highest BCUT2D eigenvalue weighted by molar-refractivity contribution is 6.34. The average molecular weight is 254 g/mol. The molecule has 2 aromatic rings. The minimum atomic E-state index is -0.579. The standard InChI is InChI=1S/C11H12ClN3O2/c1-11(2,3)17-10(16)15-8-6-13-5-4-7(8)9(12)14-15/h4-6H,1-3H3. The second-order valence-electron chi connectivity index (χ2n) is 4.58. The lowest BCUT2D eigenvalue weighted by Crippen LogP contribution is -2.27. The molecule has 2 rings (SSSR count). The molecule has 0 atom stereocenters. The quantitative estimate of drug-likeness (QED) is 0.724. The molecule has 2 heterocycles. The molecule has 5 nitrogen and oxygen atoms in total. The van der Waals surface area contributed by atoms with Crippen LogP contribution < -0.4 is 0 Å². The van der Waals surface area contributed by atoms with Gasteiger partial charge in [0.1, 0.15) is 11.1 Å². The minimum Gasteiger partial charge on any atom is -0.442 e. The third-order valence-corrected chi connectivity index (χ3v) is 2.28. The van der Waals surface area contributed by atoms with E-state index in [0.29, 0.717) is 10.9 Å². The molecule has 0 fully saturated rings. The van der Waals surface area contributed by atoms with E-state index in [9.17, 15) is 4.79 Å². The van der Waals surface area contributed by atoms with Gasteiger partial charge in [0.2, 0.25) is 0 Å². The van der Waals surface area contributed by atoms with Crippen molar-refractivity contribution in [3.05, 3.63) is 23.6 Å². The Morgan fingerprint density at radius 2 is 2.18 bits per heavy atom. The van der Waals surface area contributed by atoms with E-state index < -0.39 is 11.7 Å². The van der Waals surface area contributed by atoms with Crippen LogP contribution in [0.15, 0.2) is 18.5 Å². The van der Waals surface area contributed by atoms with E-state index >= 15 is 0 Å². The van der Waals surface area contributed by atoms with Crippen molar-refractivity contribution < 1.29 is 9.53 Å². The van der Waals surface area contributed by atoms with Gasteiger partial charge in [-0.05, 0) is 26.8 Å². The molecule has 17 heavy (non-hydrogen) atoms. The summed E-state index contributed by atoms with van der Waals surface area (Å²) in [6.45, 7) is 5.36. The molecule has 0 saturated heterocycles. The van der Waals surface area contributed by atoms with Gasteiger partial charge in [0.15, 0.2) is 5.15 Å². The molecule has 0 aliphatic heterocycles. The lowest BCUT2D eigenvalue weighted by atomic mass is 10.2. The molecule has 0 aromatic carbocycles. The molecule has 0 saturated carbocycles. The maximum atomic E-state index is 11.9. The number of hydrogen-bond donors (Lipinski definition) is 0. The van der Waals surface area contributed by atoms with Crippen LogP contribution in [-0.4, -0.2) is 26.5 Å². The van der Waals surface area contributed by atoms with Crippen molar-refractivity contribution in [3.63, 3.8) is 0 Å². The normalized spacial score (nSPS) is 11.8. The highest BCUT2D eigenvalue weighted by atomic mass is 35.5. The average Bonchev–Trinajstić information content (AvgIpc) is 2.55. The lowest BCUT2D eigenvalue weighted by Gasteiger charge is -2.19. The third kappa shape index (κ3) is 2.39. The van der Waals surface area contributed by atoms with Gasteiger partial charge in [-0.15, -0.1) is 5.10 Å². The van der Waals surface area contributed by atoms with Crippen molar-refractivity contribution in [2.45, 2.75) is 26.4 Å². The summed E-state index contributed by atoms with van der Waals surface area (Å²) in [4.78, 5) is 15.8. The Morgan fingerprint density at radius 1 is 1.47 bits per heavy atom. The largest absolute Gasteiger partial charge is 0.442 e. The van der Waals surface area contributed by atoms with Gasteiger partial charge in [-0.3, -0.25) is 4.98 Å². The number of ether oxygens (including phenoxy) is 1. The number of pyridine rings is 1. The Kier molecular flexibility index (Phi) is 2.79. The predicted octanol–water partition coefficient (Wildman–Crippen LogP) is 2.87. The fourth-order valence-electron chi connectivity index (χ4n) is 1.37. The Balaban J connectivity index is 2.46. The summed E-state index contributed by atoms with van der Waals surface area (Å²) < 4.78 is 6.34. The van der Waals surface area contributed by atoms with Crippen LogP contribution in [0.25, 0.3) is 10.9 Å². The second kappa shape index (κ2) is 4.00. The number of hydrogen-bond acceptors (Lipinski definition) is 4. The molecule has 2 aromatic heterocycles. The van der Waals surface area contributed by atoms with Crippen LogP contribution in [0.2, 0.25) is 5.15 Å². The van der Waals surface area contributed by atoms with Crippen LogP contribution in [0, 0.1) is 0 Å². The van der Waals surface area contributed by atoms with E-state index in [1.54, 1.807) is 33.0 Å². The molecule has 0 aliphatic carbocycles. The highest BCUT2D eigenvalue weighted by Crippen LogP contribution is 2.22. The van der Waals surface area contributed by atoms with E-state index in [2.05, 4.69) is 10.1 Å². The fraction of sp³-hybridized carbons (Fsp3) is 0.364. The van der Waals surface area contributed by atoms with Crippen LogP contribution in [0.1, 0.15) is 20.8 Å². The molecule has 0 radical (unpaired) electrons. The van der Waals surface area contributed by atoms with E-state index in [0.717, 1.165) is 4.68 Å². The first-order valence-corrected chi connectivity index (χ1v) is 5.48. The number of carbonyl (C=O) groups excluding carboxylic acids is 1. The summed E-state index contributed by atoms with van der Waals surface area (Å²) in [5.74, 6) is 0. The van der Waals surface area contributed by atoms with Crippen molar-refractivity contribution in [1.82, 2.24) is 14.8 Å². The zero-order chi connectivity index (χ0) is 12.6. The first kappa shape index (κ1) is 11.9. The topological polar surface area (TPSA) is 57.0 Å². The Hall–Kier alpha value is -1.62. The summed E-state index contributed by atoms with van der Waals surface area (Å²) in [6, 6.07) is 1.70. The lowest BCUT2D eigenvalue weighted by molar-refractivity contribution is 0.0522. The Morgan fingerprint density at radius 3 is 2.82 bits per heavy atom. The number of rotatable bonds is 0. The maximum absolute atomic E-state index is 11.9. The van der Waals surface area contributed by atoms with Crippen LogP contribution in [0.5, 0.6) is 0 Å². The first-order valence-electron chi connectivity index (χ1n) is 5.10. The van der Waals surface area contributed by atoms with Crippen molar-refractivity contribution >= 4 is 28.6 Å². The number of aromatic nitrogens is 3. The fourth-order valence-corrected chi connectivity index (χ4v) is 1.60. The highest BCUT2D eigenvalue weighted by Gasteiger charge is 2.21. The molecule has 0 unspecified atom stereocenters. The van der Waals surface area contributed by atoms with Crippen LogP contribution in [-0.2, 0) is 4.74 Å². The molecular weight excluding hydrogens is 242 g/mol. The van der Waals surface area contributed by atoms with Crippen molar-refractivity contribution in [2.75, 3.05) is 0 Å². The van der Waals surface area contributed by atoms with Gasteiger partial charge in [0.05, 0.1) is 6.20 Å². The van der Waals surface area contributed by atoms with Gasteiger partial charge >= 0.3 is 6.09 Å². The molecule has 0 bridgehead atoms. The van der Waals surface area contributed by atoms with Gasteiger partial charge in [-0.25, -0.2) is 4.79 Å². The third-order valence-electron chi connectivity index (χ3n) is 2.00. The predicted molar refractivity (Wildman–Crippen MR) is 64.2 cm³/mol. The zero-order valence-corrected chi connectivity index (χ0v) is 10.5. The van der Waals surface area contributed by atoms with Crippen LogP contribution in [0.3, 0.4) is 0 Å². The van der Waals surface area contributed by atoms with Gasteiger partial charge in [0, 0.05) is 11.6 Å². The smallest absolute Gasteiger partial charge is 0.435 e. The van der Waals surface area contributed by atoms with Gasteiger partial charge < -0.3 is 4.74 Å². The van der Waals surface area contributed by atoms with E-state index in [1.165, 1.54) is 6.20 Å². The summed E-state index contributed by atoms with van der Waals surface area (Å²) in [7, 11) is 0. The Bertz CT molecular complexity index is 572. The van der Waals surface area contributed by atoms with E-state index in [1.807, 2.05) is 0 Å². The number of halogens is 1. The molecule has 0 spiro atoms. The molecular formula is C11H12ClN3O2. The number of nitrogens with zero attached hydrogens (tertiary/aromatic N) is 3. The van der Waals surface area contributed by atoms with Crippen LogP contribution >= 0.6 is 11.6 Å². The van der Waals surface area contributed by atoms with Gasteiger partial charge in [-0.1, -0.05) is 11.6 Å². The minimum absolute atomic E-state index is 0.258. The number of fused-ring (bicyclic) bond motifs is 1. The van der Waals surface area contributed by atoms with Gasteiger partial charge in [0.25, 0.3) is 0 Å². The van der Waals surface area contributed by atoms with E-state index in [-0.39, 0.29) is 5.15 Å². The monoisotopic (exact) mass is 253 g/mol. The maximum Gasteiger partial charge on any atom is 0.435 e. The Labute approximate surface area is 103 Å². The van der Waals surface area contributed by atoms with Gasteiger partial charge in [-0.2, -0.15) is 4.68 Å². The summed E-state index contributed by atoms with van der Waals surface area (Å²) in [6.07, 6.45) is 2.55. The number of carbonyl (C=O) groups is 1. The van der Waals surface area contributed by atoms with Crippen molar-refractivity contribution in [1.29, 1.82) is 0 Å². The summed E-state index contributed by atoms with van der Waals surface area (Å²) in [5, 5.41) is 4.87. The molecule has 0 N–H and O–H groups in total. The first-order chi connectivity index (χ1) is 7.88. The summed E-state index contributed by atoms with van der Waals surface area (Å²) in [5.41, 5.74) is -0.0453. The summed E-state index contributed by atoms with van der Waals surface area (Å²) >= 11 is 5.93. The molecule has 6 heteroatoms. The van der Waals surface area contributed by atoms with Crippen molar-refractivity contribution in [2.24, 2.45) is 0 Å². The molecule has 90 valence electrons. The zero-order valence-electron chi connectivity index (χ0n) is 9.77. The van der Waals surface area contributed by atoms with E-state index in [4.69, 9.17) is 16.3 Å². The molecule has 0 amide bonds. The van der Waals surface area contributed by atoms with Crippen LogP contribution in [0.4, 0.5) is 4.79 Å². The molecule has 0 aliphatic rings. The SMILES string of the molecule is CC(C)(C)OC(=O)n1nc(Cl)c2ccncc21. The second-order valence-corrected chi connectivity index (χ2v) is 4.93. The van der Waals surface area contributed by atoms with Crippen molar-refractivity contribution in [3.8, 4) is 0 Å².